The molecule has 3 aromatic rings. The topological polar surface area (TPSA) is 25.2 Å². The number of hydrogen-bond acceptors (Lipinski definition) is 2. The van der Waals surface area contributed by atoms with E-state index in [1.54, 1.807) is 6.20 Å². The van der Waals surface area contributed by atoms with E-state index in [9.17, 15) is 0 Å². The van der Waals surface area contributed by atoms with Crippen LogP contribution in [-0.4, -0.2) is 17.2 Å². The van der Waals surface area contributed by atoms with E-state index in [4.69, 9.17) is 16.6 Å². The van der Waals surface area contributed by atoms with Crippen molar-refractivity contribution in [1.29, 1.82) is 0 Å². The fraction of sp³-hybridized carbons (Fsp3) is 0.130. The number of aliphatic imine (C=N–C) groups is 1. The highest BCUT2D eigenvalue weighted by molar-refractivity contribution is 6.30. The number of rotatable bonds is 3. The summed E-state index contributed by atoms with van der Waals surface area (Å²) in [4.78, 5) is 9.00. The predicted molar refractivity (Wildman–Crippen MR) is 110 cm³/mol. The third kappa shape index (κ3) is 3.76. The molecule has 0 spiro atoms. The second-order valence-corrected chi connectivity index (χ2v) is 6.81. The van der Waals surface area contributed by atoms with Crippen molar-refractivity contribution in [3.05, 3.63) is 94.8 Å². The molecule has 1 aliphatic heterocycles. The van der Waals surface area contributed by atoms with E-state index in [1.807, 2.05) is 24.4 Å². The van der Waals surface area contributed by atoms with Gasteiger partial charge in [0.05, 0.1) is 5.71 Å². The summed E-state index contributed by atoms with van der Waals surface area (Å²) in [6, 6.07) is 20.6. The smallest absolute Gasteiger partial charge is 0.0694 e. The molecule has 2 nitrogen and oxygen atoms in total. The molecule has 3 heteroatoms. The van der Waals surface area contributed by atoms with Gasteiger partial charge in [0, 0.05) is 29.5 Å². The Morgan fingerprint density at radius 1 is 0.885 bits per heavy atom. The number of hydrogen-bond donors (Lipinski definition) is 0. The van der Waals surface area contributed by atoms with Gasteiger partial charge < -0.3 is 0 Å². The Morgan fingerprint density at radius 3 is 2.54 bits per heavy atom. The van der Waals surface area contributed by atoms with Crippen LogP contribution in [0.4, 0.5) is 0 Å². The molecule has 1 aromatic heterocycles. The monoisotopic (exact) mass is 358 g/mol. The molecule has 2 heterocycles. The van der Waals surface area contributed by atoms with Crippen LogP contribution in [-0.2, 0) is 0 Å². The Bertz CT molecular complexity index is 957. The van der Waals surface area contributed by atoms with Crippen molar-refractivity contribution in [3.63, 3.8) is 0 Å². The lowest BCUT2D eigenvalue weighted by atomic mass is 9.94. The van der Waals surface area contributed by atoms with Gasteiger partial charge in [-0.25, -0.2) is 0 Å². The maximum atomic E-state index is 6.01. The van der Waals surface area contributed by atoms with Crippen LogP contribution in [0.2, 0.25) is 5.02 Å². The predicted octanol–water partition coefficient (Wildman–Crippen LogP) is 6.07. The molecule has 4 rings (SSSR count). The van der Waals surface area contributed by atoms with Crippen molar-refractivity contribution < 1.29 is 0 Å². The molecule has 0 N–H and O–H groups in total. The first-order chi connectivity index (χ1) is 12.8. The van der Waals surface area contributed by atoms with E-state index in [-0.39, 0.29) is 0 Å². The zero-order valence-corrected chi connectivity index (χ0v) is 15.2. The molecule has 128 valence electrons. The summed E-state index contributed by atoms with van der Waals surface area (Å²) >= 11 is 6.01. The van der Waals surface area contributed by atoms with Gasteiger partial charge in [-0.05, 0) is 71.5 Å². The van der Waals surface area contributed by atoms with E-state index >= 15 is 0 Å². The van der Waals surface area contributed by atoms with Crippen molar-refractivity contribution >= 4 is 23.4 Å². The van der Waals surface area contributed by atoms with Gasteiger partial charge in [0.2, 0.25) is 0 Å². The van der Waals surface area contributed by atoms with Crippen LogP contribution in [0.1, 0.15) is 24.0 Å². The molecule has 0 bridgehead atoms. The van der Waals surface area contributed by atoms with Gasteiger partial charge >= 0.3 is 0 Å². The summed E-state index contributed by atoms with van der Waals surface area (Å²) < 4.78 is 0. The second kappa shape index (κ2) is 7.67. The van der Waals surface area contributed by atoms with E-state index in [0.717, 1.165) is 35.7 Å². The average molecular weight is 359 g/mol. The highest BCUT2D eigenvalue weighted by atomic mass is 35.5. The molecule has 0 fully saturated rings. The molecule has 0 aliphatic carbocycles. The summed E-state index contributed by atoms with van der Waals surface area (Å²) in [6.45, 7) is 0.881. The highest BCUT2D eigenvalue weighted by Crippen LogP contribution is 2.26. The standard InChI is InChI=1S/C23H19ClN2/c24-22-10-8-18(9-11-22)19-5-1-4-17(14-19)15-20-6-3-13-26-23(20)21-7-2-12-25-16-21/h1-2,4-5,7-12,14-16H,3,6,13H2. The van der Waals surface area contributed by atoms with Crippen molar-refractivity contribution in [2.24, 2.45) is 4.99 Å². The van der Waals surface area contributed by atoms with Crippen molar-refractivity contribution in [1.82, 2.24) is 4.98 Å². The van der Waals surface area contributed by atoms with E-state index in [1.165, 1.54) is 22.3 Å². The first kappa shape index (κ1) is 16.7. The van der Waals surface area contributed by atoms with Crippen LogP contribution in [0.5, 0.6) is 0 Å². The number of benzene rings is 2. The van der Waals surface area contributed by atoms with Gasteiger partial charge in [-0.1, -0.05) is 41.9 Å². The molecular formula is C23H19ClN2. The first-order valence-corrected chi connectivity index (χ1v) is 9.19. The average Bonchev–Trinajstić information content (AvgIpc) is 2.70. The first-order valence-electron chi connectivity index (χ1n) is 8.81. The number of pyridine rings is 1. The molecule has 0 unspecified atom stereocenters. The maximum Gasteiger partial charge on any atom is 0.0694 e. The zero-order valence-electron chi connectivity index (χ0n) is 14.4. The Balaban J connectivity index is 1.69. The van der Waals surface area contributed by atoms with Crippen molar-refractivity contribution in [2.45, 2.75) is 12.8 Å². The second-order valence-electron chi connectivity index (χ2n) is 6.38. The van der Waals surface area contributed by atoms with E-state index in [0.29, 0.717) is 0 Å². The van der Waals surface area contributed by atoms with Crippen molar-refractivity contribution in [3.8, 4) is 11.1 Å². The highest BCUT2D eigenvalue weighted by Gasteiger charge is 2.14. The maximum absolute atomic E-state index is 6.01. The van der Waals surface area contributed by atoms with Gasteiger partial charge in [-0.15, -0.1) is 0 Å². The number of halogens is 1. The Kier molecular flexibility index (Phi) is 4.94. The Labute approximate surface area is 158 Å². The zero-order chi connectivity index (χ0) is 17.8. The van der Waals surface area contributed by atoms with Gasteiger partial charge in [0.1, 0.15) is 0 Å². The summed E-state index contributed by atoms with van der Waals surface area (Å²) in [5.41, 5.74) is 6.98. The van der Waals surface area contributed by atoms with Gasteiger partial charge in [-0.3, -0.25) is 9.98 Å². The minimum atomic E-state index is 0.756. The lowest BCUT2D eigenvalue weighted by molar-refractivity contribution is 0.818. The Morgan fingerprint density at radius 2 is 1.73 bits per heavy atom. The fourth-order valence-electron chi connectivity index (χ4n) is 3.25. The van der Waals surface area contributed by atoms with E-state index < -0.39 is 0 Å². The SMILES string of the molecule is Clc1ccc(-c2cccc(C=C3CCCN=C3c3cccnc3)c2)cc1. The molecule has 0 atom stereocenters. The minimum absolute atomic E-state index is 0.756. The van der Waals surface area contributed by atoms with Crippen LogP contribution in [0.3, 0.4) is 0 Å². The third-order valence-corrected chi connectivity index (χ3v) is 4.77. The molecular weight excluding hydrogens is 340 g/mol. The molecule has 0 saturated heterocycles. The van der Waals surface area contributed by atoms with Crippen LogP contribution in [0.15, 0.2) is 83.6 Å². The van der Waals surface area contributed by atoms with Crippen LogP contribution in [0.25, 0.3) is 17.2 Å². The summed E-state index contributed by atoms with van der Waals surface area (Å²) in [7, 11) is 0. The lowest BCUT2D eigenvalue weighted by Gasteiger charge is -2.16. The molecule has 0 amide bonds. The fourth-order valence-corrected chi connectivity index (χ4v) is 3.38. The van der Waals surface area contributed by atoms with Gasteiger partial charge in [0.25, 0.3) is 0 Å². The molecule has 2 aromatic carbocycles. The quantitative estimate of drug-likeness (QED) is 0.558. The van der Waals surface area contributed by atoms with Crippen LogP contribution in [0, 0.1) is 0 Å². The molecule has 1 aliphatic rings. The largest absolute Gasteiger partial charge is 0.284 e. The van der Waals surface area contributed by atoms with Gasteiger partial charge in [0.15, 0.2) is 0 Å². The molecule has 0 radical (unpaired) electrons. The summed E-state index contributed by atoms with van der Waals surface area (Å²) in [5, 5.41) is 0.756. The van der Waals surface area contributed by atoms with Crippen LogP contribution < -0.4 is 0 Å². The lowest BCUT2D eigenvalue weighted by Crippen LogP contribution is -2.11. The Hall–Kier alpha value is -2.71. The third-order valence-electron chi connectivity index (χ3n) is 4.52. The number of nitrogens with zero attached hydrogens (tertiary/aromatic N) is 2. The summed E-state index contributed by atoms with van der Waals surface area (Å²) in [5.74, 6) is 0. The minimum Gasteiger partial charge on any atom is -0.284 e. The number of allylic oxidation sites excluding steroid dienone is 1. The normalized spacial score (nSPS) is 15.7. The van der Waals surface area contributed by atoms with E-state index in [2.05, 4.69) is 53.5 Å². The molecule has 0 saturated carbocycles. The summed E-state index contributed by atoms with van der Waals surface area (Å²) in [6.07, 6.45) is 8.07. The molecule has 26 heavy (non-hydrogen) atoms. The van der Waals surface area contributed by atoms with Crippen LogP contribution >= 0.6 is 11.6 Å². The number of aromatic nitrogens is 1. The van der Waals surface area contributed by atoms with Crippen molar-refractivity contribution in [2.75, 3.05) is 6.54 Å². The van der Waals surface area contributed by atoms with Gasteiger partial charge in [-0.2, -0.15) is 0 Å².